The van der Waals surface area contributed by atoms with Crippen molar-refractivity contribution >= 4 is 17.6 Å². The molecule has 3 heteroatoms. The molecule has 0 bridgehead atoms. The van der Waals surface area contributed by atoms with Gasteiger partial charge < -0.3 is 4.74 Å². The number of halogens is 1. The van der Waals surface area contributed by atoms with E-state index in [1.54, 1.807) is 0 Å². The van der Waals surface area contributed by atoms with Crippen LogP contribution < -0.4 is 0 Å². The summed E-state index contributed by atoms with van der Waals surface area (Å²) in [6.45, 7) is 3.78. The molecule has 2 nitrogen and oxygen atoms in total. The molecule has 0 aromatic carbocycles. The Bertz CT molecular complexity index is 275. The van der Waals surface area contributed by atoms with Gasteiger partial charge in [-0.15, -0.1) is 0 Å². The molecule has 0 N–H and O–H groups in total. The molecule has 0 aliphatic carbocycles. The van der Waals surface area contributed by atoms with E-state index in [-0.39, 0.29) is 12.1 Å². The molecule has 1 unspecified atom stereocenters. The summed E-state index contributed by atoms with van der Waals surface area (Å²) in [5.41, 5.74) is 1.05. The van der Waals surface area contributed by atoms with Crippen LogP contribution in [-0.4, -0.2) is 12.1 Å². The number of hydrogen-bond acceptors (Lipinski definition) is 2. The van der Waals surface area contributed by atoms with Gasteiger partial charge in [0.1, 0.15) is 6.10 Å². The Morgan fingerprint density at radius 3 is 2.79 bits per heavy atom. The molecule has 0 aromatic rings. The first-order chi connectivity index (χ1) is 6.59. The van der Waals surface area contributed by atoms with Crippen molar-refractivity contribution in [2.75, 3.05) is 0 Å². The number of esters is 1. The van der Waals surface area contributed by atoms with Gasteiger partial charge in [-0.05, 0) is 38.3 Å². The van der Waals surface area contributed by atoms with Crippen molar-refractivity contribution in [2.45, 2.75) is 39.2 Å². The number of carbonyl (C=O) groups excluding carboxylic acids is 1. The molecule has 1 atom stereocenters. The van der Waals surface area contributed by atoms with Crippen LogP contribution in [0.3, 0.4) is 0 Å². The van der Waals surface area contributed by atoms with E-state index in [1.165, 1.54) is 0 Å². The SMILES string of the molecule is C/C(Cl)=C\C=C(/C)C1CCCC(=O)O1. The van der Waals surface area contributed by atoms with Crippen LogP contribution in [0, 0.1) is 0 Å². The Balaban J connectivity index is 2.59. The average Bonchev–Trinajstić information content (AvgIpc) is 2.14. The van der Waals surface area contributed by atoms with E-state index in [1.807, 2.05) is 26.0 Å². The molecule has 0 amide bonds. The first-order valence-electron chi connectivity index (χ1n) is 4.79. The third-order valence-corrected chi connectivity index (χ3v) is 2.33. The molecule has 0 radical (unpaired) electrons. The highest BCUT2D eigenvalue weighted by Gasteiger charge is 2.20. The lowest BCUT2D eigenvalue weighted by molar-refractivity contribution is -0.151. The van der Waals surface area contributed by atoms with Gasteiger partial charge in [-0.2, -0.15) is 0 Å². The van der Waals surface area contributed by atoms with Crippen LogP contribution in [0.5, 0.6) is 0 Å². The molecule has 1 aliphatic rings. The third kappa shape index (κ3) is 3.54. The molecule has 1 rings (SSSR count). The number of carbonyl (C=O) groups is 1. The zero-order valence-electron chi connectivity index (χ0n) is 8.55. The molecule has 0 spiro atoms. The first-order valence-corrected chi connectivity index (χ1v) is 5.17. The predicted octanol–water partition coefficient (Wildman–Crippen LogP) is 3.17. The summed E-state index contributed by atoms with van der Waals surface area (Å²) >= 11 is 5.70. The maximum atomic E-state index is 11.0. The Morgan fingerprint density at radius 1 is 1.50 bits per heavy atom. The highest BCUT2D eigenvalue weighted by molar-refractivity contribution is 6.29. The summed E-state index contributed by atoms with van der Waals surface area (Å²) in [6.07, 6.45) is 6.06. The van der Waals surface area contributed by atoms with Gasteiger partial charge in [0, 0.05) is 11.5 Å². The minimum absolute atomic E-state index is 0.0523. The first kappa shape index (κ1) is 11.3. The Hall–Kier alpha value is -0.760. The second kappa shape index (κ2) is 5.20. The summed E-state index contributed by atoms with van der Waals surface area (Å²) in [7, 11) is 0. The Kier molecular flexibility index (Phi) is 4.21. The van der Waals surface area contributed by atoms with Crippen molar-refractivity contribution in [1.29, 1.82) is 0 Å². The van der Waals surface area contributed by atoms with E-state index in [9.17, 15) is 4.79 Å². The number of allylic oxidation sites excluding steroid dienone is 3. The lowest BCUT2D eigenvalue weighted by Crippen LogP contribution is -2.24. The van der Waals surface area contributed by atoms with Crippen LogP contribution >= 0.6 is 11.6 Å². The number of ether oxygens (including phenoxy) is 1. The molecule has 1 aliphatic heterocycles. The molecule has 14 heavy (non-hydrogen) atoms. The monoisotopic (exact) mass is 214 g/mol. The Labute approximate surface area is 89.6 Å². The normalized spacial score (nSPS) is 24.8. The van der Waals surface area contributed by atoms with E-state index < -0.39 is 0 Å². The lowest BCUT2D eigenvalue weighted by atomic mass is 10.0. The number of hydrogen-bond donors (Lipinski definition) is 0. The predicted molar refractivity (Wildman–Crippen MR) is 57.1 cm³/mol. The van der Waals surface area contributed by atoms with Gasteiger partial charge in [-0.3, -0.25) is 4.79 Å². The molecule has 1 saturated heterocycles. The van der Waals surface area contributed by atoms with Crippen molar-refractivity contribution in [3.8, 4) is 0 Å². The Morgan fingerprint density at radius 2 is 2.21 bits per heavy atom. The van der Waals surface area contributed by atoms with Crippen LogP contribution in [0.25, 0.3) is 0 Å². The van der Waals surface area contributed by atoms with Gasteiger partial charge in [0.25, 0.3) is 0 Å². The highest BCUT2D eigenvalue weighted by Crippen LogP contribution is 2.20. The quantitative estimate of drug-likeness (QED) is 0.521. The van der Waals surface area contributed by atoms with Gasteiger partial charge in [-0.1, -0.05) is 17.7 Å². The molecular weight excluding hydrogens is 200 g/mol. The lowest BCUT2D eigenvalue weighted by Gasteiger charge is -2.22. The summed E-state index contributed by atoms with van der Waals surface area (Å²) in [6, 6.07) is 0. The third-order valence-electron chi connectivity index (χ3n) is 2.20. The molecule has 0 saturated carbocycles. The van der Waals surface area contributed by atoms with Crippen molar-refractivity contribution in [3.63, 3.8) is 0 Å². The fourth-order valence-corrected chi connectivity index (χ4v) is 1.45. The standard InChI is InChI=1S/C11H15ClO2/c1-8(6-7-9(2)12)10-4-3-5-11(13)14-10/h6-7,10H,3-5H2,1-2H3/b8-6+,9-7+. The van der Waals surface area contributed by atoms with E-state index >= 15 is 0 Å². The fraction of sp³-hybridized carbons (Fsp3) is 0.545. The second-order valence-electron chi connectivity index (χ2n) is 3.53. The van der Waals surface area contributed by atoms with Gasteiger partial charge in [0.2, 0.25) is 0 Å². The van der Waals surface area contributed by atoms with Crippen LogP contribution in [0.15, 0.2) is 22.8 Å². The highest BCUT2D eigenvalue weighted by atomic mass is 35.5. The minimum Gasteiger partial charge on any atom is -0.458 e. The fourth-order valence-electron chi connectivity index (χ4n) is 1.38. The van der Waals surface area contributed by atoms with Gasteiger partial charge in [0.15, 0.2) is 0 Å². The summed E-state index contributed by atoms with van der Waals surface area (Å²) in [5.74, 6) is -0.0967. The molecule has 1 fully saturated rings. The van der Waals surface area contributed by atoms with Crippen LogP contribution in [0.2, 0.25) is 0 Å². The van der Waals surface area contributed by atoms with Gasteiger partial charge in [-0.25, -0.2) is 0 Å². The zero-order chi connectivity index (χ0) is 10.6. The maximum absolute atomic E-state index is 11.0. The van der Waals surface area contributed by atoms with Crippen LogP contribution in [0.4, 0.5) is 0 Å². The topological polar surface area (TPSA) is 26.3 Å². The number of rotatable bonds is 2. The van der Waals surface area contributed by atoms with Gasteiger partial charge >= 0.3 is 5.97 Å². The minimum atomic E-state index is -0.0967. The van der Waals surface area contributed by atoms with Crippen molar-refractivity contribution in [3.05, 3.63) is 22.8 Å². The zero-order valence-corrected chi connectivity index (χ0v) is 9.30. The molecule has 1 heterocycles. The molecule has 78 valence electrons. The largest absolute Gasteiger partial charge is 0.458 e. The van der Waals surface area contributed by atoms with E-state index in [4.69, 9.17) is 16.3 Å². The average molecular weight is 215 g/mol. The summed E-state index contributed by atoms with van der Waals surface area (Å²) in [4.78, 5) is 11.0. The van der Waals surface area contributed by atoms with E-state index in [2.05, 4.69) is 0 Å². The summed E-state index contributed by atoms with van der Waals surface area (Å²) in [5, 5.41) is 0.728. The van der Waals surface area contributed by atoms with Crippen LogP contribution in [-0.2, 0) is 9.53 Å². The van der Waals surface area contributed by atoms with Crippen LogP contribution in [0.1, 0.15) is 33.1 Å². The maximum Gasteiger partial charge on any atom is 0.306 e. The van der Waals surface area contributed by atoms with E-state index in [0.717, 1.165) is 23.4 Å². The van der Waals surface area contributed by atoms with Gasteiger partial charge in [0.05, 0.1) is 0 Å². The number of cyclic esters (lactones) is 1. The van der Waals surface area contributed by atoms with Crippen molar-refractivity contribution in [1.82, 2.24) is 0 Å². The van der Waals surface area contributed by atoms with Crippen molar-refractivity contribution in [2.24, 2.45) is 0 Å². The van der Waals surface area contributed by atoms with E-state index in [0.29, 0.717) is 6.42 Å². The summed E-state index contributed by atoms with van der Waals surface area (Å²) < 4.78 is 5.20. The molecular formula is C11H15ClO2. The second-order valence-corrected chi connectivity index (χ2v) is 4.13. The van der Waals surface area contributed by atoms with Crippen molar-refractivity contribution < 1.29 is 9.53 Å². The molecule has 0 aromatic heterocycles. The smallest absolute Gasteiger partial charge is 0.306 e.